The molecule has 2 aliphatic rings. The zero-order valence-electron chi connectivity index (χ0n) is 21.6. The van der Waals surface area contributed by atoms with E-state index in [1.165, 1.54) is 31.2 Å². The molecule has 0 radical (unpaired) electrons. The second-order valence-electron chi connectivity index (χ2n) is 10.3. The summed E-state index contributed by atoms with van der Waals surface area (Å²) < 4.78 is 75.5. The molecule has 1 saturated heterocycles. The van der Waals surface area contributed by atoms with Crippen molar-refractivity contribution < 1.29 is 40.6 Å². The Morgan fingerprint density at radius 3 is 2.52 bits per heavy atom. The summed E-state index contributed by atoms with van der Waals surface area (Å²) in [5, 5.41) is 12.4. The van der Waals surface area contributed by atoms with Gasteiger partial charge in [-0.2, -0.15) is 13.2 Å². The molecule has 0 bridgehead atoms. The number of carbonyl (C=O) groups is 1. The predicted octanol–water partition coefficient (Wildman–Crippen LogP) is 5.13. The van der Waals surface area contributed by atoms with Gasteiger partial charge in [0.25, 0.3) is 5.91 Å². The molecule has 3 N–H and O–H groups in total. The summed E-state index contributed by atoms with van der Waals surface area (Å²) in [5.41, 5.74) is 2.18. The molecule has 1 spiro atoms. The third-order valence-electron chi connectivity index (χ3n) is 7.42. The topological polar surface area (TPSA) is 121 Å². The zero-order chi connectivity index (χ0) is 28.5. The van der Waals surface area contributed by atoms with Crippen molar-refractivity contribution in [3.05, 3.63) is 48.2 Å². The third kappa shape index (κ3) is 6.64. The number of carbonyl (C=O) groups excluding carboxylic acids is 1. The van der Waals surface area contributed by atoms with Crippen molar-refractivity contribution >= 4 is 44.0 Å². The van der Waals surface area contributed by atoms with Crippen LogP contribution in [0.2, 0.25) is 0 Å². The first-order valence-corrected chi connectivity index (χ1v) is 14.6. The molecular formula is C27H30F3N3O6S. The van der Waals surface area contributed by atoms with E-state index >= 15 is 0 Å². The fourth-order valence-corrected chi connectivity index (χ4v) is 5.80. The number of furan rings is 1. The van der Waals surface area contributed by atoms with Crippen LogP contribution in [0.1, 0.15) is 42.5 Å². The van der Waals surface area contributed by atoms with Crippen LogP contribution in [0.4, 0.5) is 30.2 Å². The molecule has 5 rings (SSSR count). The maximum absolute atomic E-state index is 13.4. The van der Waals surface area contributed by atoms with Gasteiger partial charge in [-0.15, -0.1) is 0 Å². The van der Waals surface area contributed by atoms with E-state index in [4.69, 9.17) is 14.3 Å². The normalized spacial score (nSPS) is 16.8. The van der Waals surface area contributed by atoms with Gasteiger partial charge in [0.2, 0.25) is 10.0 Å². The number of alkyl halides is 3. The molecule has 216 valence electrons. The number of nitrogens with one attached hydrogen (secondary N) is 2. The van der Waals surface area contributed by atoms with Gasteiger partial charge in [0, 0.05) is 24.0 Å². The highest BCUT2D eigenvalue weighted by Gasteiger charge is 2.44. The quantitative estimate of drug-likeness (QED) is 0.304. The van der Waals surface area contributed by atoms with Gasteiger partial charge in [-0.1, -0.05) is 0 Å². The lowest BCUT2D eigenvalue weighted by Gasteiger charge is -2.35. The SMILES string of the molecule is O=C(Nc1ccc(NS(=O)(=O)CCO)cc1N1CCC2(CC1)CC2)c1cc(OCCC(F)(F)F)c2occc2c1. The summed E-state index contributed by atoms with van der Waals surface area (Å²) in [6.45, 7) is 0.341. The standard InChI is InChI=1S/C27H30F3N3O6S/c28-27(29,30)8-13-38-23-16-19(15-18-3-12-39-24(18)23)25(35)31-21-2-1-20(32-40(36,37)14-11-34)17-22(21)33-9-6-26(4-5-26)7-10-33/h1-3,12,15-17,32,34H,4-11,13-14H2,(H,31,35). The van der Waals surface area contributed by atoms with Crippen molar-refractivity contribution in [1.82, 2.24) is 0 Å². The van der Waals surface area contributed by atoms with Gasteiger partial charge in [-0.3, -0.25) is 9.52 Å². The Morgan fingerprint density at radius 2 is 1.85 bits per heavy atom. The van der Waals surface area contributed by atoms with Crippen molar-refractivity contribution in [2.24, 2.45) is 5.41 Å². The van der Waals surface area contributed by atoms with Gasteiger partial charge < -0.3 is 24.5 Å². The van der Waals surface area contributed by atoms with E-state index in [2.05, 4.69) is 14.9 Å². The lowest BCUT2D eigenvalue weighted by atomic mass is 9.93. The van der Waals surface area contributed by atoms with E-state index in [9.17, 15) is 26.4 Å². The smallest absolute Gasteiger partial charge is 0.392 e. The Bertz CT molecular complexity index is 1490. The van der Waals surface area contributed by atoms with Crippen LogP contribution in [0.3, 0.4) is 0 Å². The second-order valence-corrected chi connectivity index (χ2v) is 12.2. The Labute approximate surface area is 229 Å². The summed E-state index contributed by atoms with van der Waals surface area (Å²) in [7, 11) is -3.76. The molecule has 1 amide bonds. The number of rotatable bonds is 10. The van der Waals surface area contributed by atoms with Gasteiger partial charge in [0.1, 0.15) is 0 Å². The van der Waals surface area contributed by atoms with Crippen LogP contribution in [0, 0.1) is 5.41 Å². The number of nitrogens with zero attached hydrogens (tertiary/aromatic N) is 1. The fourth-order valence-electron chi connectivity index (χ4n) is 4.97. The van der Waals surface area contributed by atoms with Gasteiger partial charge in [-0.05, 0) is 67.5 Å². The van der Waals surface area contributed by atoms with Crippen LogP contribution >= 0.6 is 0 Å². The number of benzene rings is 2. The minimum absolute atomic E-state index is 0.0246. The Morgan fingerprint density at radius 1 is 1.10 bits per heavy atom. The van der Waals surface area contributed by atoms with E-state index in [-0.39, 0.29) is 16.9 Å². The molecule has 3 aromatic rings. The maximum atomic E-state index is 13.4. The summed E-state index contributed by atoms with van der Waals surface area (Å²) in [4.78, 5) is 15.5. The molecule has 9 nitrogen and oxygen atoms in total. The van der Waals surface area contributed by atoms with Crippen molar-refractivity contribution in [3.63, 3.8) is 0 Å². The number of hydrogen-bond acceptors (Lipinski definition) is 7. The van der Waals surface area contributed by atoms with E-state index in [0.29, 0.717) is 27.9 Å². The van der Waals surface area contributed by atoms with Crippen molar-refractivity contribution in [3.8, 4) is 5.75 Å². The van der Waals surface area contributed by atoms with Gasteiger partial charge in [0.05, 0.1) is 48.7 Å². The number of anilines is 3. The van der Waals surface area contributed by atoms with Crippen LogP contribution in [0.5, 0.6) is 5.75 Å². The molecule has 1 aliphatic heterocycles. The minimum Gasteiger partial charge on any atom is -0.489 e. The maximum Gasteiger partial charge on any atom is 0.392 e. The van der Waals surface area contributed by atoms with Crippen LogP contribution in [0.15, 0.2) is 47.1 Å². The van der Waals surface area contributed by atoms with Crippen LogP contribution in [-0.4, -0.2) is 57.7 Å². The lowest BCUT2D eigenvalue weighted by Crippen LogP contribution is -2.35. The number of hydrogen-bond donors (Lipinski definition) is 3. The molecule has 13 heteroatoms. The number of amides is 1. The summed E-state index contributed by atoms with van der Waals surface area (Å²) >= 11 is 0. The predicted molar refractivity (Wildman–Crippen MR) is 144 cm³/mol. The Balaban J connectivity index is 1.40. The third-order valence-corrected chi connectivity index (χ3v) is 8.69. The molecule has 1 aliphatic carbocycles. The molecule has 1 aromatic heterocycles. The second kappa shape index (κ2) is 10.8. The van der Waals surface area contributed by atoms with Crippen molar-refractivity contribution in [2.45, 2.75) is 38.3 Å². The van der Waals surface area contributed by atoms with E-state index in [1.807, 2.05) is 0 Å². The monoisotopic (exact) mass is 581 g/mol. The highest BCUT2D eigenvalue weighted by Crippen LogP contribution is 2.54. The largest absolute Gasteiger partial charge is 0.489 e. The van der Waals surface area contributed by atoms with Crippen molar-refractivity contribution in [1.29, 1.82) is 0 Å². The number of sulfonamides is 1. The van der Waals surface area contributed by atoms with Gasteiger partial charge in [0.15, 0.2) is 11.3 Å². The highest BCUT2D eigenvalue weighted by atomic mass is 32.2. The molecule has 0 atom stereocenters. The van der Waals surface area contributed by atoms with E-state index < -0.39 is 47.5 Å². The molecule has 1 saturated carbocycles. The summed E-state index contributed by atoms with van der Waals surface area (Å²) in [5.74, 6) is -0.942. The van der Waals surface area contributed by atoms with Crippen LogP contribution < -0.4 is 19.7 Å². The number of halogens is 3. The number of ether oxygens (including phenoxy) is 1. The van der Waals surface area contributed by atoms with Gasteiger partial charge >= 0.3 is 6.18 Å². The Hall–Kier alpha value is -3.45. The molecule has 0 unspecified atom stereocenters. The molecule has 2 heterocycles. The minimum atomic E-state index is -4.39. The first kappa shape index (κ1) is 28.1. The number of piperidine rings is 1. The molecular weight excluding hydrogens is 551 g/mol. The molecule has 40 heavy (non-hydrogen) atoms. The van der Waals surface area contributed by atoms with Crippen LogP contribution in [-0.2, 0) is 10.0 Å². The lowest BCUT2D eigenvalue weighted by molar-refractivity contribution is -0.139. The summed E-state index contributed by atoms with van der Waals surface area (Å²) in [6, 6.07) is 9.25. The number of aliphatic hydroxyl groups excluding tert-OH is 1. The number of aliphatic hydroxyl groups is 1. The fraction of sp³-hybridized carbons (Fsp3) is 0.444. The Kier molecular flexibility index (Phi) is 7.62. The first-order valence-electron chi connectivity index (χ1n) is 13.0. The number of fused-ring (bicyclic) bond motifs is 1. The van der Waals surface area contributed by atoms with Crippen LogP contribution in [0.25, 0.3) is 11.0 Å². The molecule has 2 fully saturated rings. The summed E-state index contributed by atoms with van der Waals surface area (Å²) in [6.07, 6.45) is 0.221. The average molecular weight is 582 g/mol. The highest BCUT2D eigenvalue weighted by molar-refractivity contribution is 7.92. The van der Waals surface area contributed by atoms with Gasteiger partial charge in [-0.25, -0.2) is 8.42 Å². The molecule has 2 aromatic carbocycles. The van der Waals surface area contributed by atoms with Crippen molar-refractivity contribution in [2.75, 3.05) is 47.0 Å². The van der Waals surface area contributed by atoms with E-state index in [0.717, 1.165) is 25.9 Å². The average Bonchev–Trinajstić information content (AvgIpc) is 3.45. The van der Waals surface area contributed by atoms with E-state index in [1.54, 1.807) is 24.3 Å². The zero-order valence-corrected chi connectivity index (χ0v) is 22.4. The first-order chi connectivity index (χ1) is 19.0.